The van der Waals surface area contributed by atoms with Crippen LogP contribution in [0.2, 0.25) is 0 Å². The highest BCUT2D eigenvalue weighted by Crippen LogP contribution is 2.36. The summed E-state index contributed by atoms with van der Waals surface area (Å²) >= 11 is 1.78. The van der Waals surface area contributed by atoms with Crippen molar-refractivity contribution >= 4 is 11.3 Å². The Balaban J connectivity index is 1.86. The second-order valence-electron chi connectivity index (χ2n) is 5.74. The van der Waals surface area contributed by atoms with Crippen LogP contribution in [0.1, 0.15) is 34.9 Å². The predicted octanol–water partition coefficient (Wildman–Crippen LogP) is 3.86. The maximum absolute atomic E-state index is 13.5. The van der Waals surface area contributed by atoms with Crippen molar-refractivity contribution < 1.29 is 4.39 Å². The first-order chi connectivity index (χ1) is 10.2. The second-order valence-corrected chi connectivity index (χ2v) is 6.78. The van der Waals surface area contributed by atoms with Crippen molar-refractivity contribution in [2.24, 2.45) is 5.73 Å². The third kappa shape index (κ3) is 3.34. The largest absolute Gasteiger partial charge is 0.329 e. The Morgan fingerprint density at radius 2 is 2.19 bits per heavy atom. The molecule has 2 aromatic rings. The van der Waals surface area contributed by atoms with Crippen LogP contribution >= 0.6 is 11.3 Å². The quantitative estimate of drug-likeness (QED) is 0.878. The maximum Gasteiger partial charge on any atom is 0.126 e. The van der Waals surface area contributed by atoms with Crippen molar-refractivity contribution in [2.45, 2.75) is 38.4 Å². The van der Waals surface area contributed by atoms with Gasteiger partial charge in [-0.2, -0.15) is 0 Å². The Kier molecular flexibility index (Phi) is 4.38. The minimum atomic E-state index is -0.147. The van der Waals surface area contributed by atoms with E-state index in [1.807, 2.05) is 19.1 Å². The van der Waals surface area contributed by atoms with Crippen LogP contribution in [-0.2, 0) is 6.54 Å². The lowest BCUT2D eigenvalue weighted by Gasteiger charge is -2.31. The second kappa shape index (κ2) is 6.26. The van der Waals surface area contributed by atoms with Crippen LogP contribution in [0, 0.1) is 12.7 Å². The fraction of sp³-hybridized carbons (Fsp3) is 0.412. The van der Waals surface area contributed by atoms with E-state index in [1.165, 1.54) is 17.7 Å². The van der Waals surface area contributed by atoms with Gasteiger partial charge in [0.25, 0.3) is 0 Å². The molecule has 0 saturated heterocycles. The van der Waals surface area contributed by atoms with Crippen molar-refractivity contribution in [3.05, 3.63) is 57.5 Å². The Morgan fingerprint density at radius 3 is 2.76 bits per heavy atom. The summed E-state index contributed by atoms with van der Waals surface area (Å²) in [6.07, 6.45) is 2.48. The number of rotatable bonds is 6. The van der Waals surface area contributed by atoms with E-state index in [0.29, 0.717) is 18.2 Å². The van der Waals surface area contributed by atoms with Crippen LogP contribution < -0.4 is 5.73 Å². The number of hydrogen-bond acceptors (Lipinski definition) is 3. The molecule has 112 valence electrons. The first-order valence-corrected chi connectivity index (χ1v) is 8.31. The molecule has 1 saturated carbocycles. The third-order valence-electron chi connectivity index (χ3n) is 4.12. The Bertz CT molecular complexity index is 593. The Labute approximate surface area is 129 Å². The van der Waals surface area contributed by atoms with Gasteiger partial charge in [-0.15, -0.1) is 11.3 Å². The number of benzene rings is 1. The minimum Gasteiger partial charge on any atom is -0.329 e. The highest BCUT2D eigenvalue weighted by Gasteiger charge is 2.34. The van der Waals surface area contributed by atoms with Crippen molar-refractivity contribution in [2.75, 3.05) is 6.54 Å². The summed E-state index contributed by atoms with van der Waals surface area (Å²) < 4.78 is 13.5. The number of nitrogens with two attached hydrogens (primary N) is 1. The van der Waals surface area contributed by atoms with E-state index in [9.17, 15) is 4.39 Å². The molecule has 0 amide bonds. The maximum atomic E-state index is 13.5. The predicted molar refractivity (Wildman–Crippen MR) is 85.8 cm³/mol. The zero-order valence-electron chi connectivity index (χ0n) is 12.3. The molecule has 1 atom stereocenters. The van der Waals surface area contributed by atoms with Gasteiger partial charge >= 0.3 is 0 Å². The molecule has 2 nitrogen and oxygen atoms in total. The van der Waals surface area contributed by atoms with Crippen molar-refractivity contribution in [3.63, 3.8) is 0 Å². The molecule has 1 unspecified atom stereocenters. The molecule has 0 aliphatic heterocycles. The molecule has 0 spiro atoms. The van der Waals surface area contributed by atoms with Crippen LogP contribution in [0.5, 0.6) is 0 Å². The summed E-state index contributed by atoms with van der Waals surface area (Å²) in [4.78, 5) is 3.84. The summed E-state index contributed by atoms with van der Waals surface area (Å²) in [5.41, 5.74) is 7.87. The molecular formula is C17H21FN2S. The summed E-state index contributed by atoms with van der Waals surface area (Å²) in [5, 5.41) is 2.11. The lowest BCUT2D eigenvalue weighted by Crippen LogP contribution is -2.35. The highest BCUT2D eigenvalue weighted by atomic mass is 32.1. The van der Waals surface area contributed by atoms with E-state index in [1.54, 1.807) is 17.4 Å². The monoisotopic (exact) mass is 304 g/mol. The topological polar surface area (TPSA) is 29.3 Å². The van der Waals surface area contributed by atoms with Gasteiger partial charge in [-0.3, -0.25) is 4.90 Å². The van der Waals surface area contributed by atoms with Crippen molar-refractivity contribution in [3.8, 4) is 0 Å². The number of halogens is 1. The van der Waals surface area contributed by atoms with Gasteiger partial charge in [0.15, 0.2) is 0 Å². The van der Waals surface area contributed by atoms with Crippen LogP contribution in [0.3, 0.4) is 0 Å². The average Bonchev–Trinajstić information content (AvgIpc) is 3.20. The fourth-order valence-electron chi connectivity index (χ4n) is 2.82. The molecule has 1 aromatic heterocycles. The van der Waals surface area contributed by atoms with Gasteiger partial charge in [0.2, 0.25) is 0 Å². The average molecular weight is 304 g/mol. The van der Waals surface area contributed by atoms with E-state index in [0.717, 1.165) is 12.1 Å². The van der Waals surface area contributed by atoms with E-state index >= 15 is 0 Å². The number of hydrogen-bond donors (Lipinski definition) is 1. The van der Waals surface area contributed by atoms with Gasteiger partial charge in [-0.05, 0) is 48.4 Å². The first-order valence-electron chi connectivity index (χ1n) is 7.43. The zero-order valence-corrected chi connectivity index (χ0v) is 13.1. The van der Waals surface area contributed by atoms with E-state index in [2.05, 4.69) is 22.4 Å². The number of nitrogens with zero attached hydrogens (tertiary/aromatic N) is 1. The molecule has 1 heterocycles. The van der Waals surface area contributed by atoms with E-state index in [-0.39, 0.29) is 11.9 Å². The van der Waals surface area contributed by atoms with Gasteiger partial charge in [0, 0.05) is 30.1 Å². The van der Waals surface area contributed by atoms with E-state index < -0.39 is 0 Å². The minimum absolute atomic E-state index is 0.147. The van der Waals surface area contributed by atoms with Crippen LogP contribution in [0.4, 0.5) is 4.39 Å². The van der Waals surface area contributed by atoms with Crippen molar-refractivity contribution in [1.29, 1.82) is 0 Å². The molecule has 4 heteroatoms. The number of thiophene rings is 1. The van der Waals surface area contributed by atoms with Gasteiger partial charge < -0.3 is 5.73 Å². The first kappa shape index (κ1) is 14.7. The smallest absolute Gasteiger partial charge is 0.126 e. The van der Waals surface area contributed by atoms with Crippen LogP contribution in [-0.4, -0.2) is 17.5 Å². The van der Waals surface area contributed by atoms with E-state index in [4.69, 9.17) is 5.73 Å². The zero-order chi connectivity index (χ0) is 14.8. The SMILES string of the molecule is Cc1cc(C(CN)N(Cc2cccs2)C2CC2)ccc1F. The lowest BCUT2D eigenvalue weighted by atomic mass is 10.0. The molecule has 2 N–H and O–H groups in total. The van der Waals surface area contributed by atoms with Gasteiger partial charge in [-0.25, -0.2) is 4.39 Å². The standard InChI is InChI=1S/C17H21FN2S/c1-12-9-13(4-7-16(12)18)17(10-19)20(14-5-6-14)11-15-3-2-8-21-15/h2-4,7-9,14,17H,5-6,10-11,19H2,1H3. The van der Waals surface area contributed by atoms with Crippen LogP contribution in [0.15, 0.2) is 35.7 Å². The molecular weight excluding hydrogens is 283 g/mol. The molecule has 0 radical (unpaired) electrons. The fourth-order valence-corrected chi connectivity index (χ4v) is 3.53. The van der Waals surface area contributed by atoms with Crippen molar-refractivity contribution in [1.82, 2.24) is 4.90 Å². The molecule has 1 aliphatic rings. The molecule has 0 bridgehead atoms. The van der Waals surface area contributed by atoms with Gasteiger partial charge in [-0.1, -0.05) is 18.2 Å². The summed E-state index contributed by atoms with van der Waals surface area (Å²) in [7, 11) is 0. The molecule has 1 aliphatic carbocycles. The third-order valence-corrected chi connectivity index (χ3v) is 4.99. The number of aryl methyl sites for hydroxylation is 1. The lowest BCUT2D eigenvalue weighted by molar-refractivity contribution is 0.183. The molecule has 21 heavy (non-hydrogen) atoms. The summed E-state index contributed by atoms with van der Waals surface area (Å²) in [6.45, 7) is 3.31. The van der Waals surface area contributed by atoms with Gasteiger partial charge in [0.05, 0.1) is 0 Å². The summed E-state index contributed by atoms with van der Waals surface area (Å²) in [5.74, 6) is -0.147. The van der Waals surface area contributed by atoms with Gasteiger partial charge in [0.1, 0.15) is 5.82 Å². The Morgan fingerprint density at radius 1 is 1.38 bits per heavy atom. The molecule has 1 fully saturated rings. The molecule has 1 aromatic carbocycles. The van der Waals surface area contributed by atoms with Crippen LogP contribution in [0.25, 0.3) is 0 Å². The molecule has 3 rings (SSSR count). The normalized spacial score (nSPS) is 16.4. The Hall–Kier alpha value is -1.23. The highest BCUT2D eigenvalue weighted by molar-refractivity contribution is 7.09. The summed E-state index contributed by atoms with van der Waals surface area (Å²) in [6, 6.07) is 10.4.